The molecule has 4 rings (SSSR count). The number of fused-ring (bicyclic) bond motifs is 5. The molecule has 1 heterocycles. The van der Waals surface area contributed by atoms with Gasteiger partial charge in [0.1, 0.15) is 8.24 Å². The standard InChI is InChI=1S/C24H45NSSi/c1-15(2)16-12-13-17-19(14-16)23(27(6,7)25-24(3,4)5)22-21(17)18-10-8-9-11-20(18)26-22/h15-23,25H,8-14H2,1-7H3. The number of rotatable bonds is 3. The number of nitrogens with one attached hydrogen (secondary N) is 1. The molecule has 1 nitrogen and oxygen atoms in total. The maximum absolute atomic E-state index is 4.23. The molecular formula is C24H45NSSi. The van der Waals surface area contributed by atoms with Crippen LogP contribution in [0, 0.1) is 35.5 Å². The smallest absolute Gasteiger partial charge is 0.124 e. The minimum atomic E-state index is -1.50. The summed E-state index contributed by atoms with van der Waals surface area (Å²) in [6.07, 6.45) is 10.7. The number of hydrogen-bond acceptors (Lipinski definition) is 2. The SMILES string of the molecule is CC(C)C1CCC2C(C1)C([Si](C)(C)NC(C)(C)C)C1SC3CCCCC3C21. The van der Waals surface area contributed by atoms with Gasteiger partial charge in [0.25, 0.3) is 0 Å². The van der Waals surface area contributed by atoms with Crippen molar-refractivity contribution >= 4 is 20.0 Å². The molecule has 0 radical (unpaired) electrons. The van der Waals surface area contributed by atoms with Gasteiger partial charge >= 0.3 is 0 Å². The monoisotopic (exact) mass is 407 g/mol. The quantitative estimate of drug-likeness (QED) is 0.508. The maximum Gasteiger partial charge on any atom is 0.124 e. The fourth-order valence-corrected chi connectivity index (χ4v) is 16.2. The van der Waals surface area contributed by atoms with E-state index >= 15 is 0 Å². The van der Waals surface area contributed by atoms with Gasteiger partial charge in [0.2, 0.25) is 0 Å². The molecule has 0 aromatic heterocycles. The van der Waals surface area contributed by atoms with Crippen LogP contribution in [0.15, 0.2) is 0 Å². The normalized spacial score (nSPS) is 44.9. The van der Waals surface area contributed by atoms with Crippen LogP contribution < -0.4 is 4.98 Å². The summed E-state index contributed by atoms with van der Waals surface area (Å²) in [6, 6.07) is 0. The van der Waals surface area contributed by atoms with Crippen LogP contribution >= 0.6 is 11.8 Å². The van der Waals surface area contributed by atoms with Crippen molar-refractivity contribution in [3.8, 4) is 0 Å². The third-order valence-corrected chi connectivity index (χ3v) is 14.7. The van der Waals surface area contributed by atoms with Crippen LogP contribution in [0.1, 0.15) is 79.6 Å². The summed E-state index contributed by atoms with van der Waals surface area (Å²) >= 11 is 2.50. The highest BCUT2D eigenvalue weighted by atomic mass is 32.2. The fourth-order valence-electron chi connectivity index (χ4n) is 8.15. The first-order chi connectivity index (χ1) is 12.6. The molecule has 4 fully saturated rings. The Hall–Kier alpha value is 0.527. The average Bonchev–Trinajstić information content (AvgIpc) is 3.05. The summed E-state index contributed by atoms with van der Waals surface area (Å²) in [5.74, 6) is 6.08. The van der Waals surface area contributed by atoms with E-state index in [1.165, 1.54) is 25.7 Å². The molecule has 3 saturated carbocycles. The average molecular weight is 408 g/mol. The van der Waals surface area contributed by atoms with Gasteiger partial charge in [-0.3, -0.25) is 0 Å². The molecule has 0 spiro atoms. The van der Waals surface area contributed by atoms with Gasteiger partial charge in [0.15, 0.2) is 0 Å². The summed E-state index contributed by atoms with van der Waals surface area (Å²) in [6.45, 7) is 17.5. The first-order valence-electron chi connectivity index (χ1n) is 12.0. The summed E-state index contributed by atoms with van der Waals surface area (Å²) < 4.78 is 0. The highest BCUT2D eigenvalue weighted by Gasteiger charge is 2.63. The highest BCUT2D eigenvalue weighted by molar-refractivity contribution is 8.01. The van der Waals surface area contributed by atoms with Crippen LogP contribution in [-0.2, 0) is 0 Å². The molecule has 0 aromatic carbocycles. The molecule has 8 unspecified atom stereocenters. The van der Waals surface area contributed by atoms with Crippen molar-refractivity contribution in [1.82, 2.24) is 4.98 Å². The van der Waals surface area contributed by atoms with Crippen LogP contribution in [0.3, 0.4) is 0 Å². The molecule has 4 aliphatic rings. The third kappa shape index (κ3) is 3.83. The van der Waals surface area contributed by atoms with Crippen molar-refractivity contribution in [2.75, 3.05) is 0 Å². The number of hydrogen-bond donors (Lipinski definition) is 1. The molecule has 0 bridgehead atoms. The van der Waals surface area contributed by atoms with Crippen LogP contribution in [0.5, 0.6) is 0 Å². The van der Waals surface area contributed by atoms with E-state index in [1.807, 2.05) is 0 Å². The van der Waals surface area contributed by atoms with Gasteiger partial charge in [0.05, 0.1) is 0 Å². The van der Waals surface area contributed by atoms with E-state index in [0.717, 1.165) is 51.5 Å². The Morgan fingerprint density at radius 2 is 1.63 bits per heavy atom. The topological polar surface area (TPSA) is 12.0 Å². The van der Waals surface area contributed by atoms with Crippen LogP contribution in [0.2, 0.25) is 18.6 Å². The molecule has 1 saturated heterocycles. The lowest BCUT2D eigenvalue weighted by molar-refractivity contribution is 0.116. The molecule has 0 amide bonds. The second-order valence-corrected chi connectivity index (χ2v) is 18.2. The lowest BCUT2D eigenvalue weighted by Gasteiger charge is -2.46. The van der Waals surface area contributed by atoms with E-state index in [4.69, 9.17) is 0 Å². The van der Waals surface area contributed by atoms with E-state index in [-0.39, 0.29) is 5.54 Å². The lowest BCUT2D eigenvalue weighted by Crippen LogP contribution is -2.59. The van der Waals surface area contributed by atoms with Gasteiger partial charge in [-0.05, 0) is 93.9 Å². The van der Waals surface area contributed by atoms with Crippen LogP contribution in [0.25, 0.3) is 0 Å². The lowest BCUT2D eigenvalue weighted by atomic mass is 9.66. The van der Waals surface area contributed by atoms with E-state index in [0.29, 0.717) is 0 Å². The van der Waals surface area contributed by atoms with Gasteiger partial charge in [-0.1, -0.05) is 39.8 Å². The van der Waals surface area contributed by atoms with Crippen molar-refractivity contribution in [2.24, 2.45) is 35.5 Å². The highest BCUT2D eigenvalue weighted by Crippen LogP contribution is 2.68. The van der Waals surface area contributed by atoms with E-state index in [2.05, 4.69) is 64.5 Å². The van der Waals surface area contributed by atoms with Crippen LogP contribution in [0.4, 0.5) is 0 Å². The van der Waals surface area contributed by atoms with Crippen molar-refractivity contribution in [3.63, 3.8) is 0 Å². The Kier molecular flexibility index (Phi) is 5.65. The maximum atomic E-state index is 4.23. The largest absolute Gasteiger partial charge is 0.332 e. The predicted molar refractivity (Wildman–Crippen MR) is 124 cm³/mol. The molecule has 3 aliphatic carbocycles. The summed E-state index contributed by atoms with van der Waals surface area (Å²) in [5, 5.41) is 2.00. The van der Waals surface area contributed by atoms with Crippen molar-refractivity contribution in [3.05, 3.63) is 0 Å². The van der Waals surface area contributed by atoms with Gasteiger partial charge < -0.3 is 4.98 Å². The zero-order valence-electron chi connectivity index (χ0n) is 19.1. The van der Waals surface area contributed by atoms with E-state index in [1.54, 1.807) is 19.3 Å². The van der Waals surface area contributed by atoms with Gasteiger partial charge in [-0.2, -0.15) is 11.8 Å². The summed E-state index contributed by atoms with van der Waals surface area (Å²) in [7, 11) is -1.50. The number of thioether (sulfide) groups is 1. The molecule has 3 heteroatoms. The van der Waals surface area contributed by atoms with Crippen molar-refractivity contribution < 1.29 is 0 Å². The van der Waals surface area contributed by atoms with Crippen LogP contribution in [-0.4, -0.2) is 24.3 Å². The minimum absolute atomic E-state index is 0.255. The molecule has 8 atom stereocenters. The Morgan fingerprint density at radius 1 is 0.926 bits per heavy atom. The first-order valence-corrected chi connectivity index (χ1v) is 16.1. The molecular weight excluding hydrogens is 362 g/mol. The minimum Gasteiger partial charge on any atom is -0.332 e. The zero-order chi connectivity index (χ0) is 19.6. The first kappa shape index (κ1) is 20.8. The van der Waals surface area contributed by atoms with Gasteiger partial charge in [-0.15, -0.1) is 0 Å². The molecule has 0 aromatic rings. The van der Waals surface area contributed by atoms with Crippen molar-refractivity contribution in [1.29, 1.82) is 0 Å². The van der Waals surface area contributed by atoms with E-state index < -0.39 is 8.24 Å². The third-order valence-electron chi connectivity index (χ3n) is 8.74. The van der Waals surface area contributed by atoms with Gasteiger partial charge in [-0.25, -0.2) is 0 Å². The zero-order valence-corrected chi connectivity index (χ0v) is 20.9. The summed E-state index contributed by atoms with van der Waals surface area (Å²) in [5.41, 5.74) is 1.25. The second kappa shape index (κ2) is 7.34. The Morgan fingerprint density at radius 3 is 2.30 bits per heavy atom. The Labute approximate surface area is 174 Å². The predicted octanol–water partition coefficient (Wildman–Crippen LogP) is 6.94. The molecule has 156 valence electrons. The van der Waals surface area contributed by atoms with Gasteiger partial charge in [0, 0.05) is 16.0 Å². The van der Waals surface area contributed by atoms with E-state index in [9.17, 15) is 0 Å². The Bertz CT molecular complexity index is 539. The Balaban J connectivity index is 1.66. The molecule has 1 N–H and O–H groups in total. The molecule has 1 aliphatic heterocycles. The summed E-state index contributed by atoms with van der Waals surface area (Å²) in [4.78, 5) is 4.23. The molecule has 27 heavy (non-hydrogen) atoms. The van der Waals surface area contributed by atoms with Crippen molar-refractivity contribution in [2.45, 2.75) is 114 Å². The fraction of sp³-hybridized carbons (Fsp3) is 1.00. The second-order valence-electron chi connectivity index (χ2n) is 12.4.